The summed E-state index contributed by atoms with van der Waals surface area (Å²) in [6.07, 6.45) is 0. The van der Waals surface area contributed by atoms with E-state index in [2.05, 4.69) is 5.32 Å². The number of rotatable bonds is 3. The lowest BCUT2D eigenvalue weighted by Gasteiger charge is -2.10. The van der Waals surface area contributed by atoms with Crippen LogP contribution < -0.4 is 10.1 Å². The number of ether oxygens (including phenoxy) is 1. The number of amides is 1. The first-order valence-corrected chi connectivity index (χ1v) is 6.61. The van der Waals surface area contributed by atoms with Gasteiger partial charge in [0, 0.05) is 16.3 Å². The lowest BCUT2D eigenvalue weighted by Crippen LogP contribution is -2.13. The monoisotopic (exact) mass is 289 g/mol. The van der Waals surface area contributed by atoms with Crippen LogP contribution in [0, 0.1) is 13.8 Å². The third-order valence-corrected chi connectivity index (χ3v) is 3.34. The summed E-state index contributed by atoms with van der Waals surface area (Å²) in [6.45, 7) is 3.82. The number of hydrogen-bond donors (Lipinski definition) is 1. The average Bonchev–Trinajstić information content (AvgIpc) is 2.42. The molecular formula is C16H16ClNO2. The highest BCUT2D eigenvalue weighted by molar-refractivity contribution is 6.31. The van der Waals surface area contributed by atoms with Crippen LogP contribution in [-0.2, 0) is 0 Å². The van der Waals surface area contributed by atoms with E-state index in [0.717, 1.165) is 22.6 Å². The number of carbonyl (C=O) groups is 1. The minimum atomic E-state index is -0.166. The van der Waals surface area contributed by atoms with Crippen LogP contribution in [0.25, 0.3) is 0 Å². The molecule has 0 heterocycles. The maximum atomic E-state index is 12.2. The molecule has 0 saturated carbocycles. The molecule has 2 aromatic rings. The Hall–Kier alpha value is -2.00. The van der Waals surface area contributed by atoms with Gasteiger partial charge in [0.25, 0.3) is 5.91 Å². The summed E-state index contributed by atoms with van der Waals surface area (Å²) >= 11 is 5.94. The second-order valence-electron chi connectivity index (χ2n) is 4.60. The fraction of sp³-hybridized carbons (Fsp3) is 0.188. The van der Waals surface area contributed by atoms with E-state index in [1.54, 1.807) is 37.4 Å². The molecule has 0 radical (unpaired) electrons. The molecule has 0 aliphatic carbocycles. The average molecular weight is 290 g/mol. The molecule has 0 fully saturated rings. The molecule has 104 valence electrons. The summed E-state index contributed by atoms with van der Waals surface area (Å²) in [6, 6.07) is 10.7. The van der Waals surface area contributed by atoms with Crippen LogP contribution in [0.3, 0.4) is 0 Å². The van der Waals surface area contributed by atoms with Crippen molar-refractivity contribution < 1.29 is 9.53 Å². The molecule has 1 amide bonds. The van der Waals surface area contributed by atoms with Crippen molar-refractivity contribution in [3.63, 3.8) is 0 Å². The minimum absolute atomic E-state index is 0.166. The SMILES string of the molecule is COc1ccc(C(=O)Nc2cc(Cl)ccc2C)cc1C. The largest absolute Gasteiger partial charge is 0.496 e. The first kappa shape index (κ1) is 14.4. The van der Waals surface area contributed by atoms with Gasteiger partial charge in [-0.25, -0.2) is 0 Å². The summed E-state index contributed by atoms with van der Waals surface area (Å²) < 4.78 is 5.18. The van der Waals surface area contributed by atoms with Crippen LogP contribution in [0.1, 0.15) is 21.5 Å². The van der Waals surface area contributed by atoms with Gasteiger partial charge >= 0.3 is 0 Å². The van der Waals surface area contributed by atoms with E-state index < -0.39 is 0 Å². The molecule has 0 aromatic heterocycles. The van der Waals surface area contributed by atoms with Crippen molar-refractivity contribution in [1.29, 1.82) is 0 Å². The maximum Gasteiger partial charge on any atom is 0.255 e. The van der Waals surface area contributed by atoms with Crippen molar-refractivity contribution in [2.24, 2.45) is 0 Å². The first-order chi connectivity index (χ1) is 9.51. The maximum absolute atomic E-state index is 12.2. The summed E-state index contributed by atoms with van der Waals surface area (Å²) in [5.74, 6) is 0.599. The number of hydrogen-bond acceptors (Lipinski definition) is 2. The highest BCUT2D eigenvalue weighted by Gasteiger charge is 2.10. The van der Waals surface area contributed by atoms with Crippen LogP contribution in [-0.4, -0.2) is 13.0 Å². The Balaban J connectivity index is 2.24. The van der Waals surface area contributed by atoms with Gasteiger partial charge in [0.05, 0.1) is 7.11 Å². The number of methoxy groups -OCH3 is 1. The third kappa shape index (κ3) is 3.11. The molecule has 0 bridgehead atoms. The van der Waals surface area contributed by atoms with E-state index in [1.165, 1.54) is 0 Å². The van der Waals surface area contributed by atoms with Crippen molar-refractivity contribution in [2.75, 3.05) is 12.4 Å². The second-order valence-corrected chi connectivity index (χ2v) is 5.03. The smallest absolute Gasteiger partial charge is 0.255 e. The number of nitrogens with one attached hydrogen (secondary N) is 1. The number of aryl methyl sites for hydroxylation is 2. The number of carbonyl (C=O) groups excluding carboxylic acids is 1. The van der Waals surface area contributed by atoms with E-state index >= 15 is 0 Å². The first-order valence-electron chi connectivity index (χ1n) is 6.23. The summed E-state index contributed by atoms with van der Waals surface area (Å²) in [5, 5.41) is 3.46. The molecule has 20 heavy (non-hydrogen) atoms. The van der Waals surface area contributed by atoms with Crippen LogP contribution in [0.2, 0.25) is 5.02 Å². The standard InChI is InChI=1S/C16H16ClNO2/c1-10-4-6-13(17)9-14(10)18-16(19)12-5-7-15(20-3)11(2)8-12/h4-9H,1-3H3,(H,18,19). The number of benzene rings is 2. The van der Waals surface area contributed by atoms with Crippen molar-refractivity contribution >= 4 is 23.2 Å². The highest BCUT2D eigenvalue weighted by Crippen LogP contribution is 2.22. The molecule has 0 aliphatic heterocycles. The quantitative estimate of drug-likeness (QED) is 0.919. The molecule has 1 N–H and O–H groups in total. The van der Waals surface area contributed by atoms with Gasteiger partial charge < -0.3 is 10.1 Å². The second kappa shape index (κ2) is 5.97. The molecule has 4 heteroatoms. The van der Waals surface area contributed by atoms with Crippen LogP contribution >= 0.6 is 11.6 Å². The van der Waals surface area contributed by atoms with E-state index in [4.69, 9.17) is 16.3 Å². The Morgan fingerprint density at radius 2 is 1.85 bits per heavy atom. The van der Waals surface area contributed by atoms with Crippen molar-refractivity contribution in [3.8, 4) is 5.75 Å². The number of halogens is 1. The molecule has 0 atom stereocenters. The van der Waals surface area contributed by atoms with Gasteiger partial charge in [0.1, 0.15) is 5.75 Å². The van der Waals surface area contributed by atoms with E-state index in [0.29, 0.717) is 10.6 Å². The van der Waals surface area contributed by atoms with Crippen LogP contribution in [0.4, 0.5) is 5.69 Å². The van der Waals surface area contributed by atoms with Crippen molar-refractivity contribution in [1.82, 2.24) is 0 Å². The molecule has 2 rings (SSSR count). The highest BCUT2D eigenvalue weighted by atomic mass is 35.5. The lowest BCUT2D eigenvalue weighted by molar-refractivity contribution is 0.102. The molecule has 0 saturated heterocycles. The normalized spacial score (nSPS) is 10.2. The van der Waals surface area contributed by atoms with Gasteiger partial charge in [-0.05, 0) is 55.3 Å². The van der Waals surface area contributed by atoms with E-state index in [1.807, 2.05) is 19.9 Å². The molecule has 0 unspecified atom stereocenters. The summed E-state index contributed by atoms with van der Waals surface area (Å²) in [5.41, 5.74) is 3.19. The van der Waals surface area contributed by atoms with Gasteiger partial charge in [0.2, 0.25) is 0 Å². The molecule has 2 aromatic carbocycles. The molecule has 3 nitrogen and oxygen atoms in total. The van der Waals surface area contributed by atoms with Crippen molar-refractivity contribution in [3.05, 3.63) is 58.1 Å². The summed E-state index contributed by atoms with van der Waals surface area (Å²) in [4.78, 5) is 12.2. The fourth-order valence-electron chi connectivity index (χ4n) is 1.94. The predicted molar refractivity (Wildman–Crippen MR) is 81.9 cm³/mol. The van der Waals surface area contributed by atoms with Gasteiger partial charge in [-0.1, -0.05) is 17.7 Å². The molecule has 0 aliphatic rings. The van der Waals surface area contributed by atoms with Crippen LogP contribution in [0.5, 0.6) is 5.75 Å². The zero-order valence-electron chi connectivity index (χ0n) is 11.7. The molecular weight excluding hydrogens is 274 g/mol. The Labute approximate surface area is 123 Å². The zero-order valence-corrected chi connectivity index (χ0v) is 12.4. The zero-order chi connectivity index (χ0) is 14.7. The third-order valence-electron chi connectivity index (χ3n) is 3.10. The number of anilines is 1. The van der Waals surface area contributed by atoms with Crippen molar-refractivity contribution in [2.45, 2.75) is 13.8 Å². The van der Waals surface area contributed by atoms with E-state index in [-0.39, 0.29) is 5.91 Å². The Kier molecular flexibility index (Phi) is 4.30. The Morgan fingerprint density at radius 3 is 2.50 bits per heavy atom. The molecule has 0 spiro atoms. The Morgan fingerprint density at radius 1 is 1.10 bits per heavy atom. The fourth-order valence-corrected chi connectivity index (χ4v) is 2.12. The van der Waals surface area contributed by atoms with E-state index in [9.17, 15) is 4.79 Å². The van der Waals surface area contributed by atoms with Crippen LogP contribution in [0.15, 0.2) is 36.4 Å². The minimum Gasteiger partial charge on any atom is -0.496 e. The predicted octanol–water partition coefficient (Wildman–Crippen LogP) is 4.22. The Bertz CT molecular complexity index is 653. The van der Waals surface area contributed by atoms with Gasteiger partial charge in [-0.3, -0.25) is 4.79 Å². The van der Waals surface area contributed by atoms with Gasteiger partial charge in [0.15, 0.2) is 0 Å². The van der Waals surface area contributed by atoms with Gasteiger partial charge in [-0.15, -0.1) is 0 Å². The summed E-state index contributed by atoms with van der Waals surface area (Å²) in [7, 11) is 1.61. The topological polar surface area (TPSA) is 38.3 Å². The van der Waals surface area contributed by atoms with Gasteiger partial charge in [-0.2, -0.15) is 0 Å². The lowest BCUT2D eigenvalue weighted by atomic mass is 10.1.